The van der Waals surface area contributed by atoms with Gasteiger partial charge in [-0.15, -0.1) is 0 Å². The molecule has 0 radical (unpaired) electrons. The third-order valence-electron chi connectivity index (χ3n) is 3.49. The largest absolute Gasteiger partial charge is 0.342 e. The number of rotatable bonds is 2. The van der Waals surface area contributed by atoms with Crippen LogP contribution in [0.25, 0.3) is 0 Å². The fourth-order valence-corrected chi connectivity index (χ4v) is 2.90. The summed E-state index contributed by atoms with van der Waals surface area (Å²) in [5, 5.41) is 0. The van der Waals surface area contributed by atoms with Gasteiger partial charge in [0.15, 0.2) is 0 Å². The molecule has 0 saturated carbocycles. The van der Waals surface area contributed by atoms with Crippen LogP contribution < -0.4 is 0 Å². The smallest absolute Gasteiger partial charge is 0.227 e. The summed E-state index contributed by atoms with van der Waals surface area (Å²) in [5.41, 5.74) is 0.826. The Balaban J connectivity index is 1.94. The van der Waals surface area contributed by atoms with Crippen molar-refractivity contribution < 1.29 is 4.79 Å². The number of halogens is 1. The van der Waals surface area contributed by atoms with Gasteiger partial charge in [0.05, 0.1) is 0 Å². The average Bonchev–Trinajstić information content (AvgIpc) is 2.75. The molecular formula is C15H21BrN2O. The van der Waals surface area contributed by atoms with Crippen molar-refractivity contribution in [3.05, 3.63) is 28.5 Å². The average molecular weight is 325 g/mol. The van der Waals surface area contributed by atoms with E-state index in [1.807, 2.05) is 37.8 Å². The van der Waals surface area contributed by atoms with Crippen LogP contribution in [0.2, 0.25) is 0 Å². The number of carbonyl (C=O) groups excluding carboxylic acids is 1. The summed E-state index contributed by atoms with van der Waals surface area (Å²) in [4.78, 5) is 18.7. The highest BCUT2D eigenvalue weighted by Gasteiger charge is 2.32. The second kappa shape index (κ2) is 5.61. The quantitative estimate of drug-likeness (QED) is 0.782. The van der Waals surface area contributed by atoms with E-state index in [0.717, 1.165) is 36.2 Å². The van der Waals surface area contributed by atoms with Crippen LogP contribution >= 0.6 is 15.9 Å². The zero-order chi connectivity index (χ0) is 14.0. The maximum absolute atomic E-state index is 12.2. The standard InChI is InChI=1S/C15H21BrN2O/c1-15(2,3)14(19)18-8-7-11(10-18)9-12-5-4-6-13(16)17-12/h4-6,11H,7-10H2,1-3H3/t11-/m1/s1. The lowest BCUT2D eigenvalue weighted by atomic mass is 9.95. The van der Waals surface area contributed by atoms with Gasteiger partial charge in [-0.05, 0) is 46.8 Å². The molecule has 1 aliphatic heterocycles. The first-order valence-electron chi connectivity index (χ1n) is 6.77. The lowest BCUT2D eigenvalue weighted by molar-refractivity contribution is -0.138. The van der Waals surface area contributed by atoms with E-state index in [2.05, 4.69) is 27.0 Å². The van der Waals surface area contributed by atoms with E-state index in [9.17, 15) is 4.79 Å². The number of hydrogen-bond acceptors (Lipinski definition) is 2. The minimum atomic E-state index is -0.275. The molecular weight excluding hydrogens is 304 g/mol. The Morgan fingerprint density at radius 1 is 1.47 bits per heavy atom. The minimum Gasteiger partial charge on any atom is -0.342 e. The molecule has 1 aromatic heterocycles. The van der Waals surface area contributed by atoms with Gasteiger partial charge in [0.1, 0.15) is 4.60 Å². The van der Waals surface area contributed by atoms with Crippen molar-refractivity contribution in [2.24, 2.45) is 11.3 Å². The Hall–Kier alpha value is -0.900. The fourth-order valence-electron chi connectivity index (χ4n) is 2.52. The summed E-state index contributed by atoms with van der Waals surface area (Å²) in [6.45, 7) is 7.70. The molecule has 1 saturated heterocycles. The highest BCUT2D eigenvalue weighted by Crippen LogP contribution is 2.25. The van der Waals surface area contributed by atoms with E-state index >= 15 is 0 Å². The van der Waals surface area contributed by atoms with Gasteiger partial charge in [-0.1, -0.05) is 26.8 Å². The van der Waals surface area contributed by atoms with Crippen LogP contribution in [-0.4, -0.2) is 28.9 Å². The molecule has 0 bridgehead atoms. The molecule has 0 N–H and O–H groups in total. The molecule has 104 valence electrons. The Labute approximate surface area is 123 Å². The molecule has 4 heteroatoms. The molecule has 1 aromatic rings. The molecule has 2 rings (SSSR count). The third kappa shape index (κ3) is 3.78. The van der Waals surface area contributed by atoms with Gasteiger partial charge in [-0.3, -0.25) is 4.79 Å². The topological polar surface area (TPSA) is 33.2 Å². The Bertz CT molecular complexity index is 467. The van der Waals surface area contributed by atoms with E-state index in [-0.39, 0.29) is 11.3 Å². The van der Waals surface area contributed by atoms with E-state index in [4.69, 9.17) is 0 Å². The molecule has 3 nitrogen and oxygen atoms in total. The highest BCUT2D eigenvalue weighted by atomic mass is 79.9. The van der Waals surface area contributed by atoms with Crippen LogP contribution in [0, 0.1) is 11.3 Å². The second-order valence-electron chi connectivity index (χ2n) is 6.31. The van der Waals surface area contributed by atoms with E-state index in [1.54, 1.807) is 0 Å². The molecule has 19 heavy (non-hydrogen) atoms. The first kappa shape index (κ1) is 14.5. The SMILES string of the molecule is CC(C)(C)C(=O)N1CC[C@H](Cc2cccc(Br)n2)C1. The Kier molecular flexibility index (Phi) is 4.29. The van der Waals surface area contributed by atoms with Crippen LogP contribution in [0.1, 0.15) is 32.9 Å². The summed E-state index contributed by atoms with van der Waals surface area (Å²) in [7, 11) is 0. The number of nitrogens with zero attached hydrogens (tertiary/aromatic N) is 2. The second-order valence-corrected chi connectivity index (χ2v) is 7.12. The van der Waals surface area contributed by atoms with Crippen molar-refractivity contribution >= 4 is 21.8 Å². The number of aromatic nitrogens is 1. The van der Waals surface area contributed by atoms with Crippen LogP contribution in [0.4, 0.5) is 0 Å². The fraction of sp³-hybridized carbons (Fsp3) is 0.600. The maximum atomic E-state index is 12.2. The number of likely N-dealkylation sites (tertiary alicyclic amines) is 1. The van der Waals surface area contributed by atoms with E-state index in [1.165, 1.54) is 0 Å². The van der Waals surface area contributed by atoms with Crippen LogP contribution in [0.3, 0.4) is 0 Å². The van der Waals surface area contributed by atoms with Gasteiger partial charge in [-0.2, -0.15) is 0 Å². The molecule has 0 aliphatic carbocycles. The van der Waals surface area contributed by atoms with Crippen LogP contribution in [0.15, 0.2) is 22.8 Å². The summed E-state index contributed by atoms with van der Waals surface area (Å²) in [6.07, 6.45) is 2.03. The van der Waals surface area contributed by atoms with Crippen molar-refractivity contribution in [2.75, 3.05) is 13.1 Å². The van der Waals surface area contributed by atoms with Gasteiger partial charge < -0.3 is 4.90 Å². The predicted molar refractivity (Wildman–Crippen MR) is 79.8 cm³/mol. The molecule has 1 fully saturated rings. The number of pyridine rings is 1. The summed E-state index contributed by atoms with van der Waals surface area (Å²) >= 11 is 3.40. The first-order chi connectivity index (χ1) is 8.86. The van der Waals surface area contributed by atoms with Crippen LogP contribution in [0.5, 0.6) is 0 Å². The van der Waals surface area contributed by atoms with Crippen molar-refractivity contribution in [3.8, 4) is 0 Å². The van der Waals surface area contributed by atoms with Crippen molar-refractivity contribution in [1.29, 1.82) is 0 Å². The molecule has 1 atom stereocenters. The summed E-state index contributed by atoms with van der Waals surface area (Å²) < 4.78 is 0.880. The molecule has 2 heterocycles. The summed E-state index contributed by atoms with van der Waals surface area (Å²) in [6, 6.07) is 6.01. The number of carbonyl (C=O) groups is 1. The summed E-state index contributed by atoms with van der Waals surface area (Å²) in [5.74, 6) is 0.797. The van der Waals surface area contributed by atoms with Crippen LogP contribution in [-0.2, 0) is 11.2 Å². The Morgan fingerprint density at radius 2 is 2.21 bits per heavy atom. The lowest BCUT2D eigenvalue weighted by Gasteiger charge is -2.25. The number of hydrogen-bond donors (Lipinski definition) is 0. The molecule has 0 unspecified atom stereocenters. The normalized spacial score (nSPS) is 19.8. The van der Waals surface area contributed by atoms with Crippen molar-refractivity contribution in [2.45, 2.75) is 33.6 Å². The first-order valence-corrected chi connectivity index (χ1v) is 7.56. The zero-order valence-corrected chi connectivity index (χ0v) is 13.4. The van der Waals surface area contributed by atoms with Gasteiger partial charge >= 0.3 is 0 Å². The molecule has 0 aromatic carbocycles. The zero-order valence-electron chi connectivity index (χ0n) is 11.8. The van der Waals surface area contributed by atoms with Gasteiger partial charge in [0.2, 0.25) is 5.91 Å². The molecule has 1 amide bonds. The minimum absolute atomic E-state index is 0.261. The highest BCUT2D eigenvalue weighted by molar-refractivity contribution is 9.10. The van der Waals surface area contributed by atoms with Crippen molar-refractivity contribution in [3.63, 3.8) is 0 Å². The maximum Gasteiger partial charge on any atom is 0.227 e. The third-order valence-corrected chi connectivity index (χ3v) is 3.93. The van der Waals surface area contributed by atoms with Gasteiger partial charge in [0, 0.05) is 24.2 Å². The van der Waals surface area contributed by atoms with E-state index < -0.39 is 0 Å². The van der Waals surface area contributed by atoms with Crippen molar-refractivity contribution in [1.82, 2.24) is 9.88 Å². The lowest BCUT2D eigenvalue weighted by Crippen LogP contribution is -2.38. The van der Waals surface area contributed by atoms with E-state index in [0.29, 0.717) is 5.92 Å². The monoisotopic (exact) mass is 324 g/mol. The molecule has 0 spiro atoms. The Morgan fingerprint density at radius 3 is 2.84 bits per heavy atom. The number of amides is 1. The molecule has 1 aliphatic rings. The van der Waals surface area contributed by atoms with Gasteiger partial charge in [-0.25, -0.2) is 4.98 Å². The van der Waals surface area contributed by atoms with Gasteiger partial charge in [0.25, 0.3) is 0 Å². The predicted octanol–water partition coefficient (Wildman–Crippen LogP) is 3.28.